The van der Waals surface area contributed by atoms with E-state index in [1.807, 2.05) is 13.0 Å². The summed E-state index contributed by atoms with van der Waals surface area (Å²) in [6.07, 6.45) is 5.70. The van der Waals surface area contributed by atoms with Crippen LogP contribution < -0.4 is 5.32 Å². The van der Waals surface area contributed by atoms with Gasteiger partial charge in [-0.3, -0.25) is 0 Å². The zero-order valence-corrected chi connectivity index (χ0v) is 17.4. The molecular weight excluding hydrogens is 346 g/mol. The topological polar surface area (TPSA) is 38.3 Å². The number of rotatable bonds is 2. The number of methoxy groups -OCH3 is 1. The van der Waals surface area contributed by atoms with Crippen molar-refractivity contribution in [2.45, 2.75) is 51.5 Å². The molecule has 0 saturated carbocycles. The summed E-state index contributed by atoms with van der Waals surface area (Å²) < 4.78 is 4.97. The normalized spacial score (nSPS) is 23.0. The number of hydrogen-bond acceptors (Lipinski definition) is 3. The SMILES string of the molecule is COC(=O)c1ccc2c(c1C)N[C@H](c1ccc(C(C)(C)C)cc1)[C@H]1CC=C[C@H]21. The van der Waals surface area contributed by atoms with E-state index in [1.54, 1.807) is 0 Å². The Labute approximate surface area is 167 Å². The van der Waals surface area contributed by atoms with Gasteiger partial charge in [0.2, 0.25) is 0 Å². The third kappa shape index (κ3) is 3.03. The van der Waals surface area contributed by atoms with Crippen molar-refractivity contribution in [2.75, 3.05) is 12.4 Å². The molecule has 0 unspecified atom stereocenters. The lowest BCUT2D eigenvalue weighted by molar-refractivity contribution is 0.0600. The highest BCUT2D eigenvalue weighted by Crippen LogP contribution is 2.51. The van der Waals surface area contributed by atoms with Crippen LogP contribution >= 0.6 is 0 Å². The molecular formula is C25H29NO2. The molecule has 28 heavy (non-hydrogen) atoms. The molecule has 3 atom stereocenters. The number of allylic oxidation sites excluding steroid dienone is 2. The van der Waals surface area contributed by atoms with Gasteiger partial charge in [0.15, 0.2) is 0 Å². The maximum atomic E-state index is 12.2. The second-order valence-electron chi connectivity index (χ2n) is 9.04. The fraction of sp³-hybridized carbons (Fsp3) is 0.400. The molecule has 2 aliphatic rings. The van der Waals surface area contributed by atoms with Crippen LogP contribution in [0.1, 0.15) is 71.8 Å². The molecule has 146 valence electrons. The Morgan fingerprint density at radius 1 is 1.11 bits per heavy atom. The summed E-state index contributed by atoms with van der Waals surface area (Å²) in [6.45, 7) is 8.74. The van der Waals surface area contributed by atoms with Gasteiger partial charge in [0.1, 0.15) is 0 Å². The zero-order valence-electron chi connectivity index (χ0n) is 17.4. The van der Waals surface area contributed by atoms with Crippen molar-refractivity contribution >= 4 is 11.7 Å². The van der Waals surface area contributed by atoms with E-state index in [0.29, 0.717) is 17.4 Å². The third-order valence-electron chi connectivity index (χ3n) is 6.34. The summed E-state index contributed by atoms with van der Waals surface area (Å²) in [5, 5.41) is 3.78. The van der Waals surface area contributed by atoms with Gasteiger partial charge < -0.3 is 10.1 Å². The molecule has 0 amide bonds. The predicted octanol–water partition coefficient (Wildman–Crippen LogP) is 5.91. The first-order chi connectivity index (χ1) is 13.3. The van der Waals surface area contributed by atoms with Crippen molar-refractivity contribution in [3.8, 4) is 0 Å². The summed E-state index contributed by atoms with van der Waals surface area (Å²) in [7, 11) is 1.43. The van der Waals surface area contributed by atoms with Crippen LogP contribution in [-0.4, -0.2) is 13.1 Å². The number of hydrogen-bond donors (Lipinski definition) is 1. The molecule has 1 aliphatic carbocycles. The van der Waals surface area contributed by atoms with Crippen LogP contribution in [-0.2, 0) is 10.2 Å². The number of esters is 1. The maximum absolute atomic E-state index is 12.2. The van der Waals surface area contributed by atoms with Crippen molar-refractivity contribution in [3.05, 3.63) is 76.4 Å². The molecule has 2 aromatic rings. The number of anilines is 1. The Morgan fingerprint density at radius 2 is 1.82 bits per heavy atom. The number of fused-ring (bicyclic) bond motifs is 3. The molecule has 1 aliphatic heterocycles. The number of nitrogens with one attached hydrogen (secondary N) is 1. The lowest BCUT2D eigenvalue weighted by Crippen LogP contribution is -2.30. The van der Waals surface area contributed by atoms with Gasteiger partial charge in [-0.25, -0.2) is 4.79 Å². The summed E-state index contributed by atoms with van der Waals surface area (Å²) in [5.74, 6) is 0.600. The molecule has 0 radical (unpaired) electrons. The smallest absolute Gasteiger partial charge is 0.338 e. The quantitative estimate of drug-likeness (QED) is 0.524. The molecule has 0 aromatic heterocycles. The molecule has 1 heterocycles. The lowest BCUT2D eigenvalue weighted by Gasteiger charge is -2.38. The maximum Gasteiger partial charge on any atom is 0.338 e. The largest absolute Gasteiger partial charge is 0.465 e. The first kappa shape index (κ1) is 18.8. The van der Waals surface area contributed by atoms with E-state index < -0.39 is 0 Å². The average Bonchev–Trinajstić information content (AvgIpc) is 3.17. The van der Waals surface area contributed by atoms with Gasteiger partial charge in [0, 0.05) is 11.6 Å². The van der Waals surface area contributed by atoms with Crippen molar-refractivity contribution in [3.63, 3.8) is 0 Å². The number of benzene rings is 2. The van der Waals surface area contributed by atoms with E-state index in [4.69, 9.17) is 4.74 Å². The van der Waals surface area contributed by atoms with Crippen LogP contribution in [0.15, 0.2) is 48.6 Å². The van der Waals surface area contributed by atoms with Crippen molar-refractivity contribution < 1.29 is 9.53 Å². The minimum absolute atomic E-state index is 0.147. The molecule has 3 heteroatoms. The van der Waals surface area contributed by atoms with Gasteiger partial charge in [-0.15, -0.1) is 0 Å². The van der Waals surface area contributed by atoms with E-state index >= 15 is 0 Å². The van der Waals surface area contributed by atoms with Gasteiger partial charge in [-0.2, -0.15) is 0 Å². The highest BCUT2D eigenvalue weighted by Gasteiger charge is 2.39. The fourth-order valence-electron chi connectivity index (χ4n) is 4.67. The van der Waals surface area contributed by atoms with Gasteiger partial charge in [-0.05, 0) is 53.0 Å². The zero-order chi connectivity index (χ0) is 20.1. The van der Waals surface area contributed by atoms with Crippen LogP contribution in [0.5, 0.6) is 0 Å². The average molecular weight is 376 g/mol. The lowest BCUT2D eigenvalue weighted by atomic mass is 9.75. The van der Waals surface area contributed by atoms with E-state index in [0.717, 1.165) is 17.7 Å². The Bertz CT molecular complexity index is 934. The Kier molecular flexibility index (Phi) is 4.57. The molecule has 1 N–H and O–H groups in total. The Hall–Kier alpha value is -2.55. The number of carbonyl (C=O) groups is 1. The summed E-state index contributed by atoms with van der Waals surface area (Å²) >= 11 is 0. The van der Waals surface area contributed by atoms with E-state index in [9.17, 15) is 4.79 Å². The monoisotopic (exact) mass is 375 g/mol. The van der Waals surface area contributed by atoms with Crippen molar-refractivity contribution in [1.82, 2.24) is 0 Å². The molecule has 4 rings (SSSR count). The summed E-state index contributed by atoms with van der Waals surface area (Å²) in [6, 6.07) is 13.3. The molecule has 2 aromatic carbocycles. The molecule has 0 bridgehead atoms. The highest BCUT2D eigenvalue weighted by atomic mass is 16.5. The first-order valence-corrected chi connectivity index (χ1v) is 10.1. The predicted molar refractivity (Wildman–Crippen MR) is 114 cm³/mol. The fourth-order valence-corrected chi connectivity index (χ4v) is 4.67. The third-order valence-corrected chi connectivity index (χ3v) is 6.34. The van der Waals surface area contributed by atoms with E-state index in [-0.39, 0.29) is 17.4 Å². The van der Waals surface area contributed by atoms with Crippen molar-refractivity contribution in [1.29, 1.82) is 0 Å². The summed E-state index contributed by atoms with van der Waals surface area (Å²) in [5.41, 5.74) is 6.77. The Morgan fingerprint density at radius 3 is 2.46 bits per heavy atom. The number of ether oxygens (including phenoxy) is 1. The first-order valence-electron chi connectivity index (χ1n) is 10.1. The van der Waals surface area contributed by atoms with Crippen LogP contribution in [0, 0.1) is 12.8 Å². The second-order valence-corrected chi connectivity index (χ2v) is 9.04. The van der Waals surface area contributed by atoms with E-state index in [2.05, 4.69) is 68.6 Å². The highest BCUT2D eigenvalue weighted by molar-refractivity contribution is 5.93. The molecule has 3 nitrogen and oxygen atoms in total. The van der Waals surface area contributed by atoms with Crippen LogP contribution in [0.2, 0.25) is 0 Å². The van der Waals surface area contributed by atoms with E-state index in [1.165, 1.54) is 23.8 Å². The van der Waals surface area contributed by atoms with Gasteiger partial charge in [-0.1, -0.05) is 63.3 Å². The summed E-state index contributed by atoms with van der Waals surface area (Å²) in [4.78, 5) is 12.2. The van der Waals surface area contributed by atoms with Crippen LogP contribution in [0.3, 0.4) is 0 Å². The van der Waals surface area contributed by atoms with Crippen LogP contribution in [0.4, 0.5) is 5.69 Å². The van der Waals surface area contributed by atoms with Crippen LogP contribution in [0.25, 0.3) is 0 Å². The van der Waals surface area contributed by atoms with Gasteiger partial charge in [0.05, 0.1) is 18.7 Å². The van der Waals surface area contributed by atoms with Gasteiger partial charge >= 0.3 is 5.97 Å². The molecule has 0 saturated heterocycles. The Balaban J connectivity index is 1.75. The minimum Gasteiger partial charge on any atom is -0.465 e. The number of carbonyl (C=O) groups excluding carboxylic acids is 1. The second kappa shape index (κ2) is 6.80. The molecule has 0 spiro atoms. The molecule has 0 fully saturated rings. The minimum atomic E-state index is -0.280. The standard InChI is InChI=1S/C25H29NO2/c1-15-18(24(27)28-5)13-14-21-19-7-6-8-20(19)23(26-22(15)21)16-9-11-17(12-10-16)25(2,3)4/h6-7,9-14,19-20,23,26H,8H2,1-5H3/t19-,20-,23+/m0/s1. The van der Waals surface area contributed by atoms with Crippen molar-refractivity contribution in [2.24, 2.45) is 5.92 Å². The van der Waals surface area contributed by atoms with Gasteiger partial charge in [0.25, 0.3) is 0 Å².